The van der Waals surface area contributed by atoms with Gasteiger partial charge in [-0.1, -0.05) is 17.7 Å². The number of carbonyl (C=O) groups excluding carboxylic acids is 1. The molecule has 1 unspecified atom stereocenters. The first-order valence-corrected chi connectivity index (χ1v) is 15.6. The molecule has 0 amide bonds. The van der Waals surface area contributed by atoms with Crippen LogP contribution in [0.3, 0.4) is 0 Å². The van der Waals surface area contributed by atoms with E-state index in [1.165, 1.54) is 0 Å². The first kappa shape index (κ1) is 32.9. The van der Waals surface area contributed by atoms with Crippen LogP contribution in [0.1, 0.15) is 66.2 Å². The van der Waals surface area contributed by atoms with Crippen molar-refractivity contribution in [3.63, 3.8) is 0 Å². The fourth-order valence-electron chi connectivity index (χ4n) is 5.50. The smallest absolute Gasteiger partial charge is 0.332 e. The maximum atomic E-state index is 11.8. The third-order valence-electron chi connectivity index (χ3n) is 7.78. The zero-order valence-electron chi connectivity index (χ0n) is 25.7. The fraction of sp³-hybridized carbons (Fsp3) is 0.625. The van der Waals surface area contributed by atoms with Crippen molar-refractivity contribution in [2.75, 3.05) is 43.6 Å². The number of aromatic nitrogens is 2. The van der Waals surface area contributed by atoms with Crippen LogP contribution in [0, 0.1) is 16.7 Å². The van der Waals surface area contributed by atoms with Crippen LogP contribution in [-0.4, -0.2) is 72.6 Å². The van der Waals surface area contributed by atoms with Crippen molar-refractivity contribution in [1.82, 2.24) is 15.3 Å². The Morgan fingerprint density at radius 2 is 1.91 bits per heavy atom. The second-order valence-electron chi connectivity index (χ2n) is 12.7. The van der Waals surface area contributed by atoms with Gasteiger partial charge in [-0.2, -0.15) is 5.26 Å². The lowest BCUT2D eigenvalue weighted by molar-refractivity contribution is -0.160. The minimum absolute atomic E-state index is 0.0376. The van der Waals surface area contributed by atoms with Gasteiger partial charge in [-0.25, -0.2) is 14.8 Å². The summed E-state index contributed by atoms with van der Waals surface area (Å²) in [6, 6.07) is 11.1. The highest BCUT2D eigenvalue weighted by atomic mass is 35.5. The molecule has 4 rings (SSSR count). The van der Waals surface area contributed by atoms with Gasteiger partial charge >= 0.3 is 5.97 Å². The molecule has 0 radical (unpaired) electrons. The van der Waals surface area contributed by atoms with Gasteiger partial charge < -0.3 is 30.2 Å². The zero-order chi connectivity index (χ0) is 30.9. The van der Waals surface area contributed by atoms with Gasteiger partial charge in [0.05, 0.1) is 28.8 Å². The van der Waals surface area contributed by atoms with E-state index in [1.807, 2.05) is 45.0 Å². The molecule has 234 valence electrons. The van der Waals surface area contributed by atoms with Crippen molar-refractivity contribution in [1.29, 1.82) is 5.26 Å². The Balaban J connectivity index is 1.25. The topological polar surface area (TPSA) is 130 Å². The van der Waals surface area contributed by atoms with E-state index in [9.17, 15) is 10.1 Å². The van der Waals surface area contributed by atoms with E-state index in [4.69, 9.17) is 30.8 Å². The minimum atomic E-state index is -0.506. The first-order chi connectivity index (χ1) is 20.5. The summed E-state index contributed by atoms with van der Waals surface area (Å²) in [7, 11) is 0. The fourth-order valence-corrected chi connectivity index (χ4v) is 5.70. The molecular weight excluding hydrogens is 568 g/mol. The first-order valence-electron chi connectivity index (χ1n) is 15.2. The van der Waals surface area contributed by atoms with Crippen LogP contribution in [0.4, 0.5) is 11.6 Å². The molecule has 3 N–H and O–H groups in total. The van der Waals surface area contributed by atoms with Gasteiger partial charge in [0.25, 0.3) is 0 Å². The Morgan fingerprint density at radius 1 is 1.19 bits per heavy atom. The largest absolute Gasteiger partial charge is 0.458 e. The van der Waals surface area contributed by atoms with Crippen molar-refractivity contribution in [3.05, 3.63) is 35.5 Å². The van der Waals surface area contributed by atoms with Gasteiger partial charge in [0.2, 0.25) is 0 Å². The monoisotopic (exact) mass is 612 g/mol. The molecule has 10 nitrogen and oxygen atoms in total. The van der Waals surface area contributed by atoms with Gasteiger partial charge in [0.15, 0.2) is 0 Å². The Labute approximate surface area is 260 Å². The van der Waals surface area contributed by atoms with Gasteiger partial charge in [-0.15, -0.1) is 0 Å². The van der Waals surface area contributed by atoms with Gasteiger partial charge in [-0.3, -0.25) is 0 Å². The van der Waals surface area contributed by atoms with Crippen molar-refractivity contribution >= 4 is 29.2 Å². The van der Waals surface area contributed by atoms with Gasteiger partial charge in [0, 0.05) is 49.6 Å². The second kappa shape index (κ2) is 15.2. The minimum Gasteiger partial charge on any atom is -0.458 e. The van der Waals surface area contributed by atoms with Crippen LogP contribution in [0.15, 0.2) is 30.5 Å². The highest BCUT2D eigenvalue weighted by Crippen LogP contribution is 2.32. The van der Waals surface area contributed by atoms with Crippen LogP contribution >= 0.6 is 11.6 Å². The normalized spacial score (nSPS) is 20.9. The number of hydrogen-bond acceptors (Lipinski definition) is 10. The van der Waals surface area contributed by atoms with E-state index >= 15 is 0 Å². The molecule has 2 aliphatic rings. The summed E-state index contributed by atoms with van der Waals surface area (Å²) in [6.07, 6.45) is 7.16. The molecule has 2 aromatic heterocycles. The maximum absolute atomic E-state index is 11.8. The van der Waals surface area contributed by atoms with E-state index < -0.39 is 11.0 Å². The standard InChI is InChI=1S/C32H45ClN6O4/c1-22(18-42-19-30(40)43-31(2,3)4)37-23-8-10-24(11-9-23)38-29-16-25(26(33)17-35-29)27-6-5-7-28(39-27)36-21-32(20-34)12-14-41-15-13-32/h5-7,16-17,22-24,37H,8-15,18-19,21H2,1-4H3,(H,35,38)(H,36,39)/t22?,23-,24-. The molecule has 43 heavy (non-hydrogen) atoms. The van der Waals surface area contributed by atoms with Crippen LogP contribution in [0.5, 0.6) is 0 Å². The predicted molar refractivity (Wildman–Crippen MR) is 168 cm³/mol. The molecule has 2 fully saturated rings. The van der Waals surface area contributed by atoms with Crippen LogP contribution in [0.2, 0.25) is 5.02 Å². The number of nitriles is 1. The average molecular weight is 613 g/mol. The van der Waals surface area contributed by atoms with Gasteiger partial charge in [0.1, 0.15) is 23.8 Å². The SMILES string of the molecule is CC(COCC(=O)OC(C)(C)C)N[C@H]1CC[C@H](Nc2cc(-c3cccc(NCC4(C#N)CCOCC4)n3)c(Cl)cn2)CC1. The molecule has 3 heterocycles. The Hall–Kier alpha value is -2.97. The van der Waals surface area contributed by atoms with Crippen LogP contribution in [-0.2, 0) is 19.0 Å². The molecular formula is C32H45ClN6O4. The Kier molecular flexibility index (Phi) is 11.6. The average Bonchev–Trinajstić information content (AvgIpc) is 2.98. The molecule has 0 bridgehead atoms. The van der Waals surface area contributed by atoms with E-state index in [2.05, 4.69) is 33.9 Å². The summed E-state index contributed by atoms with van der Waals surface area (Å²) in [6.45, 7) is 9.76. The number of halogens is 1. The van der Waals surface area contributed by atoms with Crippen LogP contribution < -0.4 is 16.0 Å². The Bertz CT molecular complexity index is 1250. The second-order valence-corrected chi connectivity index (χ2v) is 13.1. The maximum Gasteiger partial charge on any atom is 0.332 e. The third kappa shape index (κ3) is 10.3. The lowest BCUT2D eigenvalue weighted by Gasteiger charge is -2.32. The predicted octanol–water partition coefficient (Wildman–Crippen LogP) is 5.59. The third-order valence-corrected chi connectivity index (χ3v) is 8.08. The molecule has 1 aliphatic heterocycles. The molecule has 1 atom stereocenters. The number of anilines is 2. The van der Waals surface area contributed by atoms with E-state index in [0.29, 0.717) is 62.1 Å². The van der Waals surface area contributed by atoms with Crippen LogP contribution in [0.25, 0.3) is 11.3 Å². The van der Waals surface area contributed by atoms with E-state index in [-0.39, 0.29) is 18.6 Å². The highest BCUT2D eigenvalue weighted by Gasteiger charge is 2.32. The number of nitrogens with zero attached hydrogens (tertiary/aromatic N) is 3. The summed E-state index contributed by atoms with van der Waals surface area (Å²) in [5.74, 6) is 1.13. The summed E-state index contributed by atoms with van der Waals surface area (Å²) in [5, 5.41) is 20.9. The number of nitrogens with one attached hydrogen (secondary N) is 3. The number of ether oxygens (including phenoxy) is 3. The quantitative estimate of drug-likeness (QED) is 0.261. The summed E-state index contributed by atoms with van der Waals surface area (Å²) < 4.78 is 16.3. The summed E-state index contributed by atoms with van der Waals surface area (Å²) >= 11 is 6.57. The highest BCUT2D eigenvalue weighted by molar-refractivity contribution is 6.33. The number of rotatable bonds is 12. The number of hydrogen-bond donors (Lipinski definition) is 3. The van der Waals surface area contributed by atoms with Crippen molar-refractivity contribution < 1.29 is 19.0 Å². The lowest BCUT2D eigenvalue weighted by atomic mass is 9.82. The number of esters is 1. The molecule has 1 aliphatic carbocycles. The molecule has 11 heteroatoms. The molecule has 1 saturated heterocycles. The van der Waals surface area contributed by atoms with E-state index in [0.717, 1.165) is 42.8 Å². The molecule has 2 aromatic rings. The molecule has 0 aromatic carbocycles. The summed E-state index contributed by atoms with van der Waals surface area (Å²) in [4.78, 5) is 21.2. The summed E-state index contributed by atoms with van der Waals surface area (Å²) in [5.41, 5.74) is 0.602. The van der Waals surface area contributed by atoms with Crippen molar-refractivity contribution in [2.24, 2.45) is 5.41 Å². The lowest BCUT2D eigenvalue weighted by Crippen LogP contribution is -2.43. The molecule has 1 saturated carbocycles. The zero-order valence-corrected chi connectivity index (χ0v) is 26.5. The Morgan fingerprint density at radius 3 is 2.60 bits per heavy atom. The van der Waals surface area contributed by atoms with Gasteiger partial charge in [-0.05, 0) is 84.4 Å². The van der Waals surface area contributed by atoms with Crippen molar-refractivity contribution in [3.8, 4) is 17.3 Å². The van der Waals surface area contributed by atoms with Crippen molar-refractivity contribution in [2.45, 2.75) is 89.9 Å². The number of pyridine rings is 2. The van der Waals surface area contributed by atoms with E-state index in [1.54, 1.807) is 6.20 Å². The molecule has 0 spiro atoms. The number of carbonyl (C=O) groups is 1.